The fourth-order valence-corrected chi connectivity index (χ4v) is 5.70. The Morgan fingerprint density at radius 3 is 1.98 bits per heavy atom. The number of phosphoric acid groups is 1. The first-order valence-electron chi connectivity index (χ1n) is 12.1. The van der Waals surface area contributed by atoms with E-state index in [9.17, 15) is 29.9 Å². The van der Waals surface area contributed by atoms with Crippen molar-refractivity contribution >= 4 is 41.8 Å². The van der Waals surface area contributed by atoms with Gasteiger partial charge in [0.1, 0.15) is 60.3 Å². The first-order valence-corrected chi connectivity index (χ1v) is 13.6. The molecule has 0 spiro atoms. The summed E-state index contributed by atoms with van der Waals surface area (Å²) in [6.45, 7) is -1.35. The lowest BCUT2D eigenvalue weighted by Crippen LogP contribution is -2.36. The molecule has 9 atom stereocenters. The molecule has 0 amide bonds. The number of phosphoric ester groups is 1. The second-order valence-electron chi connectivity index (χ2n) is 9.28. The smallest absolute Gasteiger partial charge is 0.394 e. The van der Waals surface area contributed by atoms with E-state index in [1.54, 1.807) is 0 Å². The van der Waals surface area contributed by atoms with Crippen molar-refractivity contribution in [2.75, 3.05) is 24.7 Å². The number of nitrogens with two attached hydrogens (primary N) is 2. The van der Waals surface area contributed by atoms with E-state index in [0.29, 0.717) is 0 Å². The molecular weight excluding hydrogens is 571 g/mol. The average molecular weight is 596 g/mol. The maximum atomic E-state index is 13.0. The number of nitrogens with zero attached hydrogens (tertiary/aromatic N) is 8. The van der Waals surface area contributed by atoms with E-state index in [2.05, 4.69) is 29.9 Å². The minimum atomic E-state index is -4.99. The number of nitrogen functional groups attached to an aromatic ring is 2. The zero-order valence-corrected chi connectivity index (χ0v) is 21.7. The van der Waals surface area contributed by atoms with Crippen molar-refractivity contribution in [2.45, 2.75) is 49.1 Å². The molecule has 0 aromatic carbocycles. The fourth-order valence-electron chi connectivity index (χ4n) is 4.77. The van der Waals surface area contributed by atoms with Crippen LogP contribution in [0, 0.1) is 0 Å². The van der Waals surface area contributed by atoms with Crippen molar-refractivity contribution in [1.29, 1.82) is 0 Å². The Bertz CT molecular complexity index is 1620. The quantitative estimate of drug-likeness (QED) is 0.101. The lowest BCUT2D eigenvalue weighted by Gasteiger charge is -2.24. The van der Waals surface area contributed by atoms with Crippen molar-refractivity contribution in [2.24, 2.45) is 0 Å². The van der Waals surface area contributed by atoms with Gasteiger partial charge in [-0.25, -0.2) is 34.5 Å². The Kier molecular flexibility index (Phi) is 7.06. The lowest BCUT2D eigenvalue weighted by molar-refractivity contribution is -0.0616. The number of ether oxygens (including phenoxy) is 2. The minimum absolute atomic E-state index is 0.0647. The summed E-state index contributed by atoms with van der Waals surface area (Å²) in [6.07, 6.45) is -6.23. The molecule has 2 aliphatic heterocycles. The monoisotopic (exact) mass is 596 g/mol. The molecular formula is C20H25N10O10P. The highest BCUT2D eigenvalue weighted by atomic mass is 31.2. The van der Waals surface area contributed by atoms with Crippen LogP contribution >= 0.6 is 7.82 Å². The molecule has 220 valence electrons. The van der Waals surface area contributed by atoms with Gasteiger partial charge >= 0.3 is 7.82 Å². The first-order chi connectivity index (χ1) is 19.6. The predicted molar refractivity (Wildman–Crippen MR) is 133 cm³/mol. The summed E-state index contributed by atoms with van der Waals surface area (Å²) in [5, 5.41) is 41.5. The van der Waals surface area contributed by atoms with Crippen LogP contribution in [0.5, 0.6) is 0 Å². The second-order valence-corrected chi connectivity index (χ2v) is 10.7. The SMILES string of the molecule is Nc1ncnc2c1ncn2C1O[C@H](COP(=O)(O)O[C@@H]2[C@H](O)[C@@H](CO)O[C@@H]2n2cnc3c(N)ncnc32)[C@@H](O)[C@H]1O. The maximum Gasteiger partial charge on any atom is 0.472 e. The summed E-state index contributed by atoms with van der Waals surface area (Å²) in [5.41, 5.74) is 12.5. The highest BCUT2D eigenvalue weighted by Crippen LogP contribution is 2.50. The summed E-state index contributed by atoms with van der Waals surface area (Å²) in [5.74, 6) is 0.161. The standard InChI is InChI=1S/C20H25N10O10P/c21-15-9-17(25-3-23-15)29(5-27-9)19-13(34)11(32)8(39-19)2-37-41(35,36)40-14-12(33)7(1-31)38-20(14)30-6-28-10-16(22)24-4-26-18(10)30/h3-8,11-14,19-20,31-34H,1-2H2,(H,35,36)(H2,21,23,25)(H2,22,24,26)/t7-,8-,11-,12-,13-,14-,19?,20+/m1/s1. The van der Waals surface area contributed by atoms with Crippen LogP contribution in [0.25, 0.3) is 22.3 Å². The van der Waals surface area contributed by atoms with Crippen molar-refractivity contribution in [3.8, 4) is 0 Å². The van der Waals surface area contributed by atoms with Crippen LogP contribution in [0.3, 0.4) is 0 Å². The third kappa shape index (κ3) is 4.78. The molecule has 21 heteroatoms. The average Bonchev–Trinajstić information content (AvgIpc) is 3.70. The van der Waals surface area contributed by atoms with Gasteiger partial charge in [-0.05, 0) is 0 Å². The summed E-state index contributed by atoms with van der Waals surface area (Å²) in [4.78, 5) is 34.6. The molecule has 0 aliphatic carbocycles. The Morgan fingerprint density at radius 1 is 0.829 bits per heavy atom. The van der Waals surface area contributed by atoms with Crippen molar-refractivity contribution in [3.63, 3.8) is 0 Å². The predicted octanol–water partition coefficient (Wildman–Crippen LogP) is -2.80. The van der Waals surface area contributed by atoms with Crippen LogP contribution in [0.15, 0.2) is 25.3 Å². The molecule has 0 saturated carbocycles. The van der Waals surface area contributed by atoms with E-state index in [1.165, 1.54) is 34.4 Å². The lowest BCUT2D eigenvalue weighted by atomic mass is 10.1. The zero-order chi connectivity index (χ0) is 29.1. The van der Waals surface area contributed by atoms with E-state index in [1.807, 2.05) is 0 Å². The number of hydrogen-bond donors (Lipinski definition) is 7. The van der Waals surface area contributed by atoms with Gasteiger partial charge in [0, 0.05) is 0 Å². The second kappa shape index (κ2) is 10.4. The fraction of sp³-hybridized carbons (Fsp3) is 0.500. The topological polar surface area (TPSA) is 294 Å². The van der Waals surface area contributed by atoms with Crippen molar-refractivity contribution in [1.82, 2.24) is 39.0 Å². The number of aromatic nitrogens is 8. The Labute approximate surface area is 228 Å². The van der Waals surface area contributed by atoms with E-state index in [-0.39, 0.29) is 34.0 Å². The first kappa shape index (κ1) is 27.7. The number of anilines is 2. The van der Waals surface area contributed by atoms with Crippen LogP contribution in [-0.2, 0) is 23.1 Å². The summed E-state index contributed by atoms with van der Waals surface area (Å²) < 4.78 is 37.3. The van der Waals surface area contributed by atoms with Gasteiger partial charge in [0.2, 0.25) is 0 Å². The minimum Gasteiger partial charge on any atom is -0.394 e. The number of fused-ring (bicyclic) bond motifs is 2. The molecule has 2 fully saturated rings. The van der Waals surface area contributed by atoms with Gasteiger partial charge < -0.3 is 46.3 Å². The van der Waals surface area contributed by atoms with Gasteiger partial charge in [-0.2, -0.15) is 0 Å². The number of rotatable bonds is 8. The number of hydrogen-bond acceptors (Lipinski definition) is 17. The molecule has 2 aliphatic rings. The third-order valence-corrected chi connectivity index (χ3v) is 7.79. The van der Waals surface area contributed by atoms with E-state index < -0.39 is 70.1 Å². The number of aliphatic hydroxyl groups excluding tert-OH is 4. The molecule has 0 radical (unpaired) electrons. The van der Waals surface area contributed by atoms with Crippen LogP contribution < -0.4 is 11.5 Å². The van der Waals surface area contributed by atoms with Gasteiger partial charge in [0.25, 0.3) is 0 Å². The third-order valence-electron chi connectivity index (χ3n) is 6.81. The van der Waals surface area contributed by atoms with Gasteiger partial charge in [-0.15, -0.1) is 0 Å². The van der Waals surface area contributed by atoms with E-state index in [0.717, 1.165) is 0 Å². The van der Waals surface area contributed by atoms with Crippen LogP contribution in [0.2, 0.25) is 0 Å². The maximum absolute atomic E-state index is 13.0. The molecule has 4 aromatic rings. The van der Waals surface area contributed by atoms with Gasteiger partial charge in [-0.3, -0.25) is 18.2 Å². The molecule has 6 rings (SSSR count). The highest BCUT2D eigenvalue weighted by molar-refractivity contribution is 7.47. The molecule has 4 aromatic heterocycles. The van der Waals surface area contributed by atoms with Crippen molar-refractivity contribution in [3.05, 3.63) is 25.3 Å². The molecule has 2 unspecified atom stereocenters. The van der Waals surface area contributed by atoms with Crippen LogP contribution in [-0.4, -0.2) is 114 Å². The van der Waals surface area contributed by atoms with Crippen LogP contribution in [0.1, 0.15) is 12.5 Å². The number of imidazole rings is 2. The van der Waals surface area contributed by atoms with Gasteiger partial charge in [0.05, 0.1) is 25.9 Å². The van der Waals surface area contributed by atoms with E-state index >= 15 is 0 Å². The largest absolute Gasteiger partial charge is 0.472 e. The van der Waals surface area contributed by atoms with Gasteiger partial charge in [0.15, 0.2) is 35.4 Å². The summed E-state index contributed by atoms with van der Waals surface area (Å²) >= 11 is 0. The normalized spacial score (nSPS) is 31.7. The van der Waals surface area contributed by atoms with Crippen molar-refractivity contribution < 1.29 is 48.4 Å². The number of aliphatic hydroxyl groups is 4. The van der Waals surface area contributed by atoms with Crippen LogP contribution in [0.4, 0.5) is 11.6 Å². The molecule has 20 nitrogen and oxygen atoms in total. The molecule has 0 bridgehead atoms. The zero-order valence-electron chi connectivity index (χ0n) is 20.8. The Hall–Kier alpha value is -3.43. The molecule has 9 N–H and O–H groups in total. The highest BCUT2D eigenvalue weighted by Gasteiger charge is 2.50. The Balaban J connectivity index is 1.18. The molecule has 6 heterocycles. The molecule has 41 heavy (non-hydrogen) atoms. The Morgan fingerprint density at radius 2 is 1.39 bits per heavy atom. The molecule has 2 saturated heterocycles. The summed E-state index contributed by atoms with van der Waals surface area (Å²) in [7, 11) is -4.99. The van der Waals surface area contributed by atoms with Gasteiger partial charge in [-0.1, -0.05) is 0 Å². The van der Waals surface area contributed by atoms with E-state index in [4.69, 9.17) is 30.0 Å². The summed E-state index contributed by atoms with van der Waals surface area (Å²) in [6, 6.07) is 0.